The number of aryl methyl sites for hydroxylation is 2. The minimum absolute atomic E-state index is 0.370. The van der Waals surface area contributed by atoms with Crippen molar-refractivity contribution in [2.75, 3.05) is 0 Å². The fraction of sp³-hybridized carbons (Fsp3) is 0.267. The van der Waals surface area contributed by atoms with Crippen LogP contribution in [0.25, 0.3) is 11.2 Å². The average molecular weight is 287 g/mol. The number of halogens is 1. The zero-order chi connectivity index (χ0) is 14.1. The van der Waals surface area contributed by atoms with Gasteiger partial charge in [0, 0.05) is 18.6 Å². The Balaban J connectivity index is 2.15. The van der Waals surface area contributed by atoms with Crippen molar-refractivity contribution in [1.29, 1.82) is 0 Å². The van der Waals surface area contributed by atoms with Gasteiger partial charge < -0.3 is 4.57 Å². The first-order valence-corrected chi connectivity index (χ1v) is 7.00. The van der Waals surface area contributed by atoms with E-state index in [0.29, 0.717) is 12.4 Å². The second-order valence-corrected chi connectivity index (χ2v) is 5.12. The summed E-state index contributed by atoms with van der Waals surface area (Å²) >= 11 is 6.04. The molecule has 4 nitrogen and oxygen atoms in total. The fourth-order valence-corrected chi connectivity index (χ4v) is 2.49. The van der Waals surface area contributed by atoms with E-state index >= 15 is 0 Å². The molecule has 0 unspecified atom stereocenters. The lowest BCUT2D eigenvalue weighted by Gasteiger charge is -2.09. The Morgan fingerprint density at radius 1 is 1.15 bits per heavy atom. The van der Waals surface area contributed by atoms with Gasteiger partial charge in [-0.3, -0.25) is 4.98 Å². The number of aromatic nitrogens is 4. The second-order valence-electron chi connectivity index (χ2n) is 4.85. The van der Waals surface area contributed by atoms with Crippen molar-refractivity contribution in [2.24, 2.45) is 0 Å². The van der Waals surface area contributed by atoms with E-state index in [1.165, 1.54) is 5.56 Å². The van der Waals surface area contributed by atoms with Gasteiger partial charge in [-0.25, -0.2) is 9.97 Å². The van der Waals surface area contributed by atoms with Gasteiger partial charge in [0.05, 0.1) is 12.4 Å². The minimum Gasteiger partial charge on any atom is -0.307 e. The number of hydrogen-bond acceptors (Lipinski definition) is 3. The van der Waals surface area contributed by atoms with Crippen LogP contribution in [0.5, 0.6) is 0 Å². The molecule has 0 aliphatic rings. The number of hydrogen-bond donors (Lipinski definition) is 0. The molecule has 0 aromatic carbocycles. The molecule has 0 N–H and O–H groups in total. The molecule has 3 aromatic heterocycles. The third-order valence-corrected chi connectivity index (χ3v) is 3.75. The summed E-state index contributed by atoms with van der Waals surface area (Å²) in [4.78, 5) is 13.3. The van der Waals surface area contributed by atoms with E-state index in [2.05, 4.69) is 26.4 Å². The molecule has 0 radical (unpaired) electrons. The van der Waals surface area contributed by atoms with Crippen molar-refractivity contribution < 1.29 is 0 Å². The van der Waals surface area contributed by atoms with Gasteiger partial charge in [0.2, 0.25) is 0 Å². The van der Waals surface area contributed by atoms with Gasteiger partial charge in [0.25, 0.3) is 0 Å². The maximum Gasteiger partial charge on any atom is 0.160 e. The van der Waals surface area contributed by atoms with Crippen LogP contribution in [0.1, 0.15) is 22.5 Å². The van der Waals surface area contributed by atoms with Gasteiger partial charge in [-0.1, -0.05) is 0 Å². The summed E-state index contributed by atoms with van der Waals surface area (Å²) < 4.78 is 2.07. The molecular formula is C15H15ClN4. The van der Waals surface area contributed by atoms with Gasteiger partial charge in [-0.05, 0) is 42.7 Å². The Bertz CT molecular complexity index is 764. The summed E-state index contributed by atoms with van der Waals surface area (Å²) in [6, 6.07) is 3.97. The van der Waals surface area contributed by atoms with Crippen LogP contribution in [0.4, 0.5) is 0 Å². The van der Waals surface area contributed by atoms with Crippen LogP contribution in [0, 0.1) is 13.8 Å². The number of imidazole rings is 1. The Morgan fingerprint density at radius 3 is 2.70 bits per heavy atom. The number of fused-ring (bicyclic) bond motifs is 1. The molecule has 0 atom stereocenters. The average Bonchev–Trinajstić information content (AvgIpc) is 2.81. The molecule has 0 amide bonds. The van der Waals surface area contributed by atoms with Crippen LogP contribution in [0.15, 0.2) is 30.7 Å². The largest absolute Gasteiger partial charge is 0.307 e. The summed E-state index contributed by atoms with van der Waals surface area (Å²) in [5.74, 6) is 1.21. The number of nitrogens with zero attached hydrogens (tertiary/aromatic N) is 4. The normalized spacial score (nSPS) is 11.2. The number of pyridine rings is 2. The van der Waals surface area contributed by atoms with Crippen molar-refractivity contribution in [2.45, 2.75) is 26.3 Å². The molecule has 3 rings (SSSR count). The zero-order valence-electron chi connectivity index (χ0n) is 11.5. The van der Waals surface area contributed by atoms with Crippen LogP contribution in [0.3, 0.4) is 0 Å². The number of alkyl halides is 1. The Morgan fingerprint density at radius 2 is 1.95 bits per heavy atom. The lowest BCUT2D eigenvalue weighted by Crippen LogP contribution is -2.06. The smallest absolute Gasteiger partial charge is 0.160 e. The summed E-state index contributed by atoms with van der Waals surface area (Å²) in [6.45, 7) is 4.80. The monoisotopic (exact) mass is 286 g/mol. The van der Waals surface area contributed by atoms with Crippen molar-refractivity contribution in [1.82, 2.24) is 19.5 Å². The van der Waals surface area contributed by atoms with E-state index in [0.717, 1.165) is 28.1 Å². The molecule has 102 valence electrons. The second kappa shape index (κ2) is 5.21. The maximum absolute atomic E-state index is 6.04. The van der Waals surface area contributed by atoms with Crippen molar-refractivity contribution in [3.63, 3.8) is 0 Å². The molecule has 0 spiro atoms. The number of rotatable bonds is 3. The molecule has 0 fully saturated rings. The maximum atomic E-state index is 6.04. The highest BCUT2D eigenvalue weighted by molar-refractivity contribution is 6.16. The van der Waals surface area contributed by atoms with E-state index in [9.17, 15) is 0 Å². The van der Waals surface area contributed by atoms with E-state index in [-0.39, 0.29) is 0 Å². The third kappa shape index (κ3) is 2.16. The molecule has 0 aliphatic carbocycles. The van der Waals surface area contributed by atoms with Gasteiger partial charge >= 0.3 is 0 Å². The van der Waals surface area contributed by atoms with E-state index in [1.807, 2.05) is 31.5 Å². The van der Waals surface area contributed by atoms with Gasteiger partial charge in [0.15, 0.2) is 5.65 Å². The van der Waals surface area contributed by atoms with Crippen LogP contribution in [-0.2, 0) is 12.4 Å². The van der Waals surface area contributed by atoms with Gasteiger partial charge in [0.1, 0.15) is 11.3 Å². The highest BCUT2D eigenvalue weighted by Gasteiger charge is 2.13. The van der Waals surface area contributed by atoms with E-state index in [4.69, 9.17) is 11.6 Å². The van der Waals surface area contributed by atoms with E-state index < -0.39 is 0 Å². The highest BCUT2D eigenvalue weighted by Crippen LogP contribution is 2.20. The van der Waals surface area contributed by atoms with Crippen molar-refractivity contribution >= 4 is 22.8 Å². The predicted octanol–water partition coefficient (Wildman–Crippen LogP) is 3.23. The lowest BCUT2D eigenvalue weighted by molar-refractivity contribution is 0.763. The van der Waals surface area contributed by atoms with Crippen LogP contribution >= 0.6 is 11.6 Å². The van der Waals surface area contributed by atoms with Crippen molar-refractivity contribution in [3.05, 3.63) is 53.2 Å². The molecule has 0 saturated heterocycles. The van der Waals surface area contributed by atoms with Crippen LogP contribution in [0.2, 0.25) is 0 Å². The minimum atomic E-state index is 0.370. The highest BCUT2D eigenvalue weighted by atomic mass is 35.5. The van der Waals surface area contributed by atoms with Gasteiger partial charge in [-0.15, -0.1) is 11.6 Å². The summed E-state index contributed by atoms with van der Waals surface area (Å²) in [6.07, 6.45) is 5.49. The summed E-state index contributed by atoms with van der Waals surface area (Å²) in [7, 11) is 0. The summed E-state index contributed by atoms with van der Waals surface area (Å²) in [5.41, 5.74) is 5.27. The quantitative estimate of drug-likeness (QED) is 0.694. The molecular weight excluding hydrogens is 272 g/mol. The zero-order valence-corrected chi connectivity index (χ0v) is 12.2. The molecule has 3 heterocycles. The molecule has 5 heteroatoms. The first kappa shape index (κ1) is 13.1. The lowest BCUT2D eigenvalue weighted by atomic mass is 10.1. The summed E-state index contributed by atoms with van der Waals surface area (Å²) in [5, 5.41) is 0. The molecule has 3 aromatic rings. The SMILES string of the molecule is Cc1ccncc1Cn1c(CCl)nc2c(C)ccnc21. The molecule has 0 bridgehead atoms. The van der Waals surface area contributed by atoms with Crippen molar-refractivity contribution in [3.8, 4) is 0 Å². The first-order valence-electron chi connectivity index (χ1n) is 6.47. The molecule has 20 heavy (non-hydrogen) atoms. The standard InChI is InChI=1S/C15H15ClN4/c1-10-3-5-17-8-12(10)9-20-13(7-16)19-14-11(2)4-6-18-15(14)20/h3-6,8H,7,9H2,1-2H3. The van der Waals surface area contributed by atoms with Crippen LogP contribution in [-0.4, -0.2) is 19.5 Å². The first-order chi connectivity index (χ1) is 9.70. The third-order valence-electron chi connectivity index (χ3n) is 3.51. The van der Waals surface area contributed by atoms with E-state index in [1.54, 1.807) is 6.20 Å². The topological polar surface area (TPSA) is 43.6 Å². The Kier molecular flexibility index (Phi) is 3.40. The Labute approximate surface area is 122 Å². The molecule has 0 aliphatic heterocycles. The van der Waals surface area contributed by atoms with Gasteiger partial charge in [-0.2, -0.15) is 0 Å². The predicted molar refractivity (Wildman–Crippen MR) is 79.9 cm³/mol. The fourth-order valence-electron chi connectivity index (χ4n) is 2.28. The Hall–Kier alpha value is -1.94. The van der Waals surface area contributed by atoms with Crippen LogP contribution < -0.4 is 0 Å². The molecule has 0 saturated carbocycles.